The first-order chi connectivity index (χ1) is 55.7. The van der Waals surface area contributed by atoms with Gasteiger partial charge in [-0.3, -0.25) is 0 Å². The van der Waals surface area contributed by atoms with Gasteiger partial charge < -0.3 is 0 Å². The average Bonchev–Trinajstić information content (AvgIpc) is 1.65. The number of rotatable bonds is 8. The molecule has 8 aliphatic rings. The minimum absolute atomic E-state index is 0.736. The third-order valence-electron chi connectivity index (χ3n) is 28.9. The van der Waals surface area contributed by atoms with Crippen LogP contribution in [0.4, 0.5) is 0 Å². The Morgan fingerprint density at radius 3 is 1.01 bits per heavy atom. The molecule has 0 unspecified atom stereocenters. The molecule has 8 aliphatic carbocycles. The molecule has 20 rings (SSSR count). The van der Waals surface area contributed by atoms with Gasteiger partial charge in [-0.25, -0.2) is 18.3 Å². The van der Waals surface area contributed by atoms with Crippen LogP contribution in [0.2, 0.25) is 0 Å². The topological polar surface area (TPSA) is 15.5 Å². The summed E-state index contributed by atoms with van der Waals surface area (Å²) in [6, 6.07) is 58.2. The van der Waals surface area contributed by atoms with E-state index in [0.29, 0.717) is 0 Å². The fraction of sp³-hybridized carbons (Fsp3) is 0.387. The highest BCUT2D eigenvalue weighted by molar-refractivity contribution is 5.89. The second-order valence-corrected chi connectivity index (χ2v) is 36.9. The quantitative estimate of drug-likeness (QED) is 0.135. The summed E-state index contributed by atoms with van der Waals surface area (Å²) in [4.78, 5) is 0. The van der Waals surface area contributed by atoms with Crippen molar-refractivity contribution in [2.24, 2.45) is 28.2 Å². The van der Waals surface area contributed by atoms with Crippen molar-refractivity contribution >= 4 is 0 Å². The van der Waals surface area contributed by atoms with Gasteiger partial charge in [0.25, 0.3) is 0 Å². The molecule has 0 amide bonds. The van der Waals surface area contributed by atoms with Crippen LogP contribution < -0.4 is 18.3 Å². The molecule has 0 saturated heterocycles. The first kappa shape index (κ1) is 77.9. The van der Waals surface area contributed by atoms with Crippen LogP contribution in [0.3, 0.4) is 0 Å². The maximum absolute atomic E-state index is 2.53. The molecule has 4 fully saturated rings. The van der Waals surface area contributed by atoms with Gasteiger partial charge in [0.2, 0.25) is 22.8 Å². The Hall–Kier alpha value is -9.64. The molecule has 12 aromatic rings. The molecule has 0 aliphatic heterocycles. The van der Waals surface area contributed by atoms with Gasteiger partial charge in [0, 0.05) is 46.5 Å². The number of benzene rings is 8. The van der Waals surface area contributed by atoms with Crippen LogP contribution in [0.15, 0.2) is 176 Å². The normalized spacial score (nSPS) is 16.0. The fourth-order valence-corrected chi connectivity index (χ4v) is 22.9. The van der Waals surface area contributed by atoms with E-state index < -0.39 is 0 Å². The summed E-state index contributed by atoms with van der Waals surface area (Å²) in [5.74, 6) is 2.96. The van der Waals surface area contributed by atoms with Gasteiger partial charge in [-0.2, -0.15) is 0 Å². The molecule has 0 radical (unpaired) electrons. The lowest BCUT2D eigenvalue weighted by molar-refractivity contribution is -0.661. The first-order valence-electron chi connectivity index (χ1n) is 44.6. The second kappa shape index (κ2) is 32.8. The maximum Gasteiger partial charge on any atom is 0.213 e. The van der Waals surface area contributed by atoms with Crippen molar-refractivity contribution in [2.75, 3.05) is 0 Å². The second-order valence-electron chi connectivity index (χ2n) is 36.9. The van der Waals surface area contributed by atoms with E-state index in [2.05, 4.69) is 299 Å². The summed E-state index contributed by atoms with van der Waals surface area (Å²) in [6.07, 6.45) is 41.3. The van der Waals surface area contributed by atoms with E-state index in [-0.39, 0.29) is 0 Å². The van der Waals surface area contributed by atoms with Gasteiger partial charge in [-0.05, 0) is 316 Å². The molecule has 0 bridgehead atoms. The highest BCUT2D eigenvalue weighted by Crippen LogP contribution is 2.50. The molecule has 4 heteroatoms. The number of hydrogen-bond donors (Lipinski definition) is 0. The molecule has 115 heavy (non-hydrogen) atoms. The first-order valence-corrected chi connectivity index (χ1v) is 44.6. The molecule has 0 N–H and O–H groups in total. The van der Waals surface area contributed by atoms with E-state index >= 15 is 0 Å². The maximum atomic E-state index is 2.53. The number of aromatic nitrogens is 4. The van der Waals surface area contributed by atoms with Crippen LogP contribution >= 0.6 is 0 Å². The molecule has 4 aromatic heterocycles. The van der Waals surface area contributed by atoms with Crippen LogP contribution in [0.1, 0.15) is 280 Å². The number of aryl methyl sites for hydroxylation is 15. The Bertz CT molecular complexity index is 5760. The van der Waals surface area contributed by atoms with E-state index in [1.165, 1.54) is 324 Å². The minimum Gasteiger partial charge on any atom is -0.201 e. The molecular weight excluding hydrogens is 1390 g/mol. The zero-order chi connectivity index (χ0) is 79.6. The van der Waals surface area contributed by atoms with E-state index in [4.69, 9.17) is 0 Å². The van der Waals surface area contributed by atoms with E-state index in [1.54, 1.807) is 22.3 Å². The summed E-state index contributed by atoms with van der Waals surface area (Å²) < 4.78 is 9.47. The SMILES string of the molecule is Cc1c[n+](C)c(-c2c(C)ccc3c2Cc2c(C)cccc2-3)cc1C1CCCCC1.Cc1cc(-c2c(C)ccc3c2Cc2ccccc2-3)[n+](C)cc1C1CCCCC1.Cc1ccc2c(c1)-c1ccc(C)c(-c3cc(C4CCCCC4)c(C)c[n+]3C)c1C2.Cc1ccc2c(c1)Cc1c-2ccc(C)c1-c1cc(C2CCCCC2)c(C)c[n+]1C. The molecule has 4 nitrogen and oxygen atoms in total. The van der Waals surface area contributed by atoms with Crippen molar-refractivity contribution in [3.05, 3.63) is 304 Å². The van der Waals surface area contributed by atoms with E-state index in [0.717, 1.165) is 49.4 Å². The molecule has 586 valence electrons. The molecule has 0 spiro atoms. The highest BCUT2D eigenvalue weighted by atomic mass is 14.9. The van der Waals surface area contributed by atoms with Crippen molar-refractivity contribution in [3.8, 4) is 89.5 Å². The highest BCUT2D eigenvalue weighted by Gasteiger charge is 2.35. The predicted molar refractivity (Wildman–Crippen MR) is 481 cm³/mol. The van der Waals surface area contributed by atoms with Gasteiger partial charge in [0.05, 0.1) is 22.3 Å². The van der Waals surface area contributed by atoms with E-state index in [1.807, 2.05) is 0 Å². The number of pyridine rings is 4. The lowest BCUT2D eigenvalue weighted by Crippen LogP contribution is -2.33. The zero-order valence-electron chi connectivity index (χ0n) is 72.3. The van der Waals surface area contributed by atoms with Crippen LogP contribution in [0.25, 0.3) is 89.5 Å². The largest absolute Gasteiger partial charge is 0.213 e. The molecule has 0 atom stereocenters. The average molecular weight is 1520 g/mol. The summed E-state index contributed by atoms with van der Waals surface area (Å²) in [5.41, 5.74) is 56.5. The monoisotopic (exact) mass is 1510 g/mol. The third kappa shape index (κ3) is 15.1. The van der Waals surface area contributed by atoms with Crippen molar-refractivity contribution < 1.29 is 18.3 Å². The molecular formula is C111H126N4+4. The van der Waals surface area contributed by atoms with Crippen LogP contribution in [-0.4, -0.2) is 0 Å². The summed E-state index contributed by atoms with van der Waals surface area (Å²) in [5, 5.41) is 0. The van der Waals surface area contributed by atoms with Crippen molar-refractivity contribution in [2.45, 2.75) is 254 Å². The van der Waals surface area contributed by atoms with Crippen molar-refractivity contribution in [1.82, 2.24) is 0 Å². The minimum atomic E-state index is 0.736. The van der Waals surface area contributed by atoms with E-state index in [9.17, 15) is 0 Å². The Morgan fingerprint density at radius 2 is 0.548 bits per heavy atom. The number of hydrogen-bond acceptors (Lipinski definition) is 0. The summed E-state index contributed by atoms with van der Waals surface area (Å²) in [7, 11) is 8.90. The Labute approximate surface area is 689 Å². The Kier molecular flexibility index (Phi) is 22.2. The fourth-order valence-electron chi connectivity index (χ4n) is 22.9. The van der Waals surface area contributed by atoms with Crippen LogP contribution in [0.5, 0.6) is 0 Å². The summed E-state index contributed by atoms with van der Waals surface area (Å²) in [6.45, 7) is 25.0. The van der Waals surface area contributed by atoms with Crippen molar-refractivity contribution in [1.29, 1.82) is 0 Å². The lowest BCUT2D eigenvalue weighted by atomic mass is 9.82. The van der Waals surface area contributed by atoms with Gasteiger partial charge in [0.15, 0.2) is 24.8 Å². The lowest BCUT2D eigenvalue weighted by Gasteiger charge is -2.23. The Balaban J connectivity index is 0.000000111. The summed E-state index contributed by atoms with van der Waals surface area (Å²) >= 11 is 0. The third-order valence-corrected chi connectivity index (χ3v) is 28.9. The zero-order valence-corrected chi connectivity index (χ0v) is 72.3. The predicted octanol–water partition coefficient (Wildman–Crippen LogP) is 26.6. The molecule has 4 saturated carbocycles. The van der Waals surface area contributed by atoms with Crippen molar-refractivity contribution in [3.63, 3.8) is 0 Å². The smallest absolute Gasteiger partial charge is 0.201 e. The number of nitrogens with zero attached hydrogens (tertiary/aromatic N) is 4. The Morgan fingerprint density at radius 1 is 0.217 bits per heavy atom. The van der Waals surface area contributed by atoms with Crippen LogP contribution in [-0.2, 0) is 53.9 Å². The molecule has 4 heterocycles. The standard InChI is InChI=1S/3C28H32N.C27H30N/c1-18-9-8-12-22-23-14-13-19(2)28(26(23)15-25(18)22)27-16-24(20(3)17-29(27)4)21-10-6-5-7-11-21;1-18-10-12-23-22(14-18)15-26-24(23)13-11-19(2)28(26)27-16-25(20(3)17-29(27)4)21-8-6-5-7-9-21;1-18-10-12-22-15-26-23(25(22)14-18)13-11-19(2)28(26)27-16-24(20(3)17-29(27)4)21-8-6-5-7-9-21;1-18-13-14-23-22-12-8-7-11-21(22)16-24(23)27(18)26-15-19(2)25(17-28(26)3)20-9-5-4-6-10-20/h8-9,12-14,16-17,21H,5-7,10-11,15H2,1-4H3;2*10-14,16-17,21H,5-9,15H2,1-4H3;7-8,11-15,17,20H,4-6,9-10,16H2,1-3H3/q4*+1. The van der Waals surface area contributed by atoms with Gasteiger partial charge in [-0.15, -0.1) is 0 Å². The van der Waals surface area contributed by atoms with Gasteiger partial charge in [-0.1, -0.05) is 216 Å². The van der Waals surface area contributed by atoms with Gasteiger partial charge >= 0.3 is 0 Å². The molecule has 8 aromatic carbocycles. The van der Waals surface area contributed by atoms with Gasteiger partial charge in [0.1, 0.15) is 28.2 Å². The number of fused-ring (bicyclic) bond motifs is 12. The van der Waals surface area contributed by atoms with Crippen LogP contribution in [0, 0.1) is 76.2 Å².